The zero-order chi connectivity index (χ0) is 37.1. The molecule has 0 bridgehead atoms. The van der Waals surface area contributed by atoms with Crippen LogP contribution < -0.4 is 0 Å². The van der Waals surface area contributed by atoms with E-state index in [4.69, 9.17) is 0 Å². The van der Waals surface area contributed by atoms with Gasteiger partial charge in [0.2, 0.25) is 0 Å². The van der Waals surface area contributed by atoms with E-state index >= 15 is 0 Å². The minimum atomic E-state index is 0. The van der Waals surface area contributed by atoms with Gasteiger partial charge in [-0.3, -0.25) is 14.8 Å². The van der Waals surface area contributed by atoms with E-state index in [-0.39, 0.29) is 12.6 Å². The number of aryl methyl sites for hydroxylation is 3. The second-order valence-electron chi connectivity index (χ2n) is 16.3. The van der Waals surface area contributed by atoms with Gasteiger partial charge >= 0.3 is 0 Å². The standard InChI is InChI=1S/C47H60N2O.C2H6.H2/c1-6-37-18-19-41-29-44-31-47(44,23-20-42(41)27-37)30-39(28-43-32-48-24-21-34(43)3)26-38-13-8-9-15-40(16-11-14-38)33(2)12-7-10-17-45(50)46-35(4)22-25-49-36(46)5;1-2;/h6,18-27,32-33,38,40,44H,1,7-17,28-31H2,2-5H3;1-2H3;1H/b39-26+;;. The lowest BCUT2D eigenvalue weighted by molar-refractivity contribution is 0.0976. The summed E-state index contributed by atoms with van der Waals surface area (Å²) in [5.74, 6) is 3.19. The second kappa shape index (κ2) is 18.9. The van der Waals surface area contributed by atoms with Crippen LogP contribution in [0.2, 0.25) is 0 Å². The fraction of sp³-hybridized carbons (Fsp3) is 0.531. The molecule has 5 atom stereocenters. The molecule has 52 heavy (non-hydrogen) atoms. The molecule has 3 heteroatoms. The van der Waals surface area contributed by atoms with Crippen molar-refractivity contribution in [2.75, 3.05) is 0 Å². The number of aromatic nitrogens is 2. The van der Waals surface area contributed by atoms with Crippen LogP contribution in [0.25, 0.3) is 12.2 Å². The van der Waals surface area contributed by atoms with Gasteiger partial charge in [0.15, 0.2) is 5.78 Å². The third-order valence-electron chi connectivity index (χ3n) is 12.6. The number of hydrogen-bond donors (Lipinski definition) is 0. The lowest BCUT2D eigenvalue weighted by Gasteiger charge is -2.24. The molecule has 3 aliphatic rings. The van der Waals surface area contributed by atoms with E-state index in [1.807, 2.05) is 46.0 Å². The largest absolute Gasteiger partial charge is 0.294 e. The summed E-state index contributed by atoms with van der Waals surface area (Å²) in [6.45, 7) is 16.7. The summed E-state index contributed by atoms with van der Waals surface area (Å²) in [7, 11) is 0. The smallest absolute Gasteiger partial charge is 0.164 e. The van der Waals surface area contributed by atoms with Crippen LogP contribution >= 0.6 is 0 Å². The van der Waals surface area contributed by atoms with Gasteiger partial charge < -0.3 is 0 Å². The van der Waals surface area contributed by atoms with Crippen molar-refractivity contribution in [3.8, 4) is 0 Å². The molecule has 0 aliphatic heterocycles. The summed E-state index contributed by atoms with van der Waals surface area (Å²) in [4.78, 5) is 21.8. The molecule has 280 valence electrons. The lowest BCUT2D eigenvalue weighted by atomic mass is 9.82. The molecule has 0 saturated heterocycles. The first-order valence-electron chi connectivity index (χ1n) is 20.7. The molecule has 6 rings (SSSR count). The van der Waals surface area contributed by atoms with E-state index in [9.17, 15) is 4.79 Å². The van der Waals surface area contributed by atoms with Crippen LogP contribution in [-0.2, 0) is 12.8 Å². The summed E-state index contributed by atoms with van der Waals surface area (Å²) in [5.41, 5.74) is 11.5. The van der Waals surface area contributed by atoms with Crippen molar-refractivity contribution in [3.63, 3.8) is 0 Å². The Labute approximate surface area is 318 Å². The van der Waals surface area contributed by atoms with E-state index < -0.39 is 0 Å². The first-order chi connectivity index (χ1) is 25.2. The number of fused-ring (bicyclic) bond motifs is 2. The Bertz CT molecular complexity index is 1700. The summed E-state index contributed by atoms with van der Waals surface area (Å²) in [5, 5.41) is 0. The van der Waals surface area contributed by atoms with Gasteiger partial charge in [-0.2, -0.15) is 0 Å². The molecule has 0 radical (unpaired) electrons. The van der Waals surface area contributed by atoms with Crippen LogP contribution in [0.15, 0.2) is 73.2 Å². The number of pyridine rings is 2. The van der Waals surface area contributed by atoms with Crippen LogP contribution in [0.1, 0.15) is 155 Å². The number of rotatable bonds is 13. The number of carbonyl (C=O) groups is 1. The summed E-state index contributed by atoms with van der Waals surface area (Å²) >= 11 is 0. The number of unbranched alkanes of at least 4 members (excludes halogenated alkanes) is 1. The Morgan fingerprint density at radius 2 is 1.77 bits per heavy atom. The SMILES string of the molecule is C=Cc1ccc2c(c1)C=CC1(C/C(=C/C3CCCCC(C(C)CCCCC(=O)c4c(C)ccnc4C)CCC3)Cc3cnccc3C)CC1C2.CC.[HH]. The van der Waals surface area contributed by atoms with Crippen molar-refractivity contribution in [2.45, 2.75) is 138 Å². The molecule has 1 aromatic carbocycles. The highest BCUT2D eigenvalue weighted by Gasteiger charge is 2.52. The summed E-state index contributed by atoms with van der Waals surface area (Å²) < 4.78 is 0. The maximum Gasteiger partial charge on any atom is 0.164 e. The molecule has 0 spiro atoms. The summed E-state index contributed by atoms with van der Waals surface area (Å²) in [6, 6.07) is 11.0. The van der Waals surface area contributed by atoms with Crippen molar-refractivity contribution in [2.24, 2.45) is 29.1 Å². The molecule has 0 amide bonds. The van der Waals surface area contributed by atoms with E-state index in [1.165, 1.54) is 98.4 Å². The Balaban J connectivity index is 0.00000206. The highest BCUT2D eigenvalue weighted by atomic mass is 16.1. The van der Waals surface area contributed by atoms with Crippen molar-refractivity contribution < 1.29 is 6.22 Å². The topological polar surface area (TPSA) is 42.9 Å². The molecule has 0 N–H and O–H groups in total. The third kappa shape index (κ3) is 10.3. The van der Waals surface area contributed by atoms with Gasteiger partial charge in [0.25, 0.3) is 0 Å². The number of Topliss-reactive ketones (excluding diaryl/α,β-unsaturated/α-hetero) is 1. The van der Waals surface area contributed by atoms with Crippen LogP contribution in [0.3, 0.4) is 0 Å². The Morgan fingerprint density at radius 3 is 2.56 bits per heavy atom. The van der Waals surface area contributed by atoms with Crippen LogP contribution in [0, 0.1) is 49.9 Å². The van der Waals surface area contributed by atoms with Gasteiger partial charge in [0, 0.05) is 37.7 Å². The summed E-state index contributed by atoms with van der Waals surface area (Å²) in [6.07, 6.45) is 33.5. The molecule has 3 aliphatic carbocycles. The van der Waals surface area contributed by atoms with Gasteiger partial charge in [-0.15, -0.1) is 0 Å². The van der Waals surface area contributed by atoms with E-state index in [0.29, 0.717) is 12.3 Å². The van der Waals surface area contributed by atoms with Gasteiger partial charge in [-0.05, 0) is 146 Å². The molecule has 3 aromatic rings. The fourth-order valence-corrected chi connectivity index (χ4v) is 9.33. The van der Waals surface area contributed by atoms with Crippen LogP contribution in [0.4, 0.5) is 0 Å². The van der Waals surface area contributed by atoms with E-state index in [2.05, 4.69) is 79.1 Å². The average molecular weight is 701 g/mol. The van der Waals surface area contributed by atoms with Gasteiger partial charge in [0.05, 0.1) is 0 Å². The maximum absolute atomic E-state index is 12.9. The zero-order valence-corrected chi connectivity index (χ0v) is 33.4. The normalized spacial score (nSPS) is 23.3. The second-order valence-corrected chi connectivity index (χ2v) is 16.3. The van der Waals surface area contributed by atoms with Crippen LogP contribution in [0.5, 0.6) is 0 Å². The van der Waals surface area contributed by atoms with Crippen LogP contribution in [-0.4, -0.2) is 15.8 Å². The van der Waals surface area contributed by atoms with Crippen molar-refractivity contribution >= 4 is 17.9 Å². The van der Waals surface area contributed by atoms with E-state index in [0.717, 1.165) is 53.8 Å². The van der Waals surface area contributed by atoms with Crippen molar-refractivity contribution in [1.82, 2.24) is 9.97 Å². The third-order valence-corrected chi connectivity index (χ3v) is 12.6. The predicted molar refractivity (Wildman–Crippen MR) is 224 cm³/mol. The van der Waals surface area contributed by atoms with Gasteiger partial charge in [0.1, 0.15) is 0 Å². The molecule has 2 fully saturated rings. The number of allylic oxidation sites excluding steroid dienone is 3. The molecule has 2 saturated carbocycles. The minimum absolute atomic E-state index is 0. The quantitative estimate of drug-likeness (QED) is 0.101. The number of nitrogens with zero attached hydrogens (tertiary/aromatic N) is 2. The number of benzene rings is 1. The molecular weight excluding hydrogens is 633 g/mol. The number of hydrogen-bond acceptors (Lipinski definition) is 3. The zero-order valence-electron chi connectivity index (χ0n) is 33.4. The van der Waals surface area contributed by atoms with Gasteiger partial charge in [-0.25, -0.2) is 0 Å². The molecule has 3 nitrogen and oxygen atoms in total. The fourth-order valence-electron chi connectivity index (χ4n) is 9.33. The minimum Gasteiger partial charge on any atom is -0.294 e. The lowest BCUT2D eigenvalue weighted by Crippen LogP contribution is -2.12. The molecule has 2 aromatic heterocycles. The Morgan fingerprint density at radius 1 is 1.00 bits per heavy atom. The monoisotopic (exact) mass is 701 g/mol. The molecule has 2 heterocycles. The van der Waals surface area contributed by atoms with E-state index in [1.54, 1.807) is 11.8 Å². The molecule has 5 unspecified atom stereocenters. The highest BCUT2D eigenvalue weighted by Crippen LogP contribution is 2.61. The number of ketones is 1. The first-order valence-corrected chi connectivity index (χ1v) is 20.7. The van der Waals surface area contributed by atoms with Gasteiger partial charge in [-0.1, -0.05) is 114 Å². The Kier molecular flexibility index (Phi) is 14.4. The average Bonchev–Trinajstić information content (AvgIpc) is 3.82. The maximum atomic E-state index is 12.9. The van der Waals surface area contributed by atoms with Crippen molar-refractivity contribution in [1.29, 1.82) is 0 Å². The van der Waals surface area contributed by atoms with Crippen molar-refractivity contribution in [3.05, 3.63) is 118 Å². The number of carbonyl (C=O) groups excluding carboxylic acids is 1. The highest BCUT2D eigenvalue weighted by molar-refractivity contribution is 5.98. The Hall–Kier alpha value is -3.59. The predicted octanol–water partition coefficient (Wildman–Crippen LogP) is 13.5. The molecular formula is C49H68N2O. The first kappa shape index (κ1) is 39.6.